The maximum absolute atomic E-state index is 13.6. The van der Waals surface area contributed by atoms with Gasteiger partial charge >= 0.3 is 5.69 Å². The average molecular weight is 456 g/mol. The summed E-state index contributed by atoms with van der Waals surface area (Å²) in [6.07, 6.45) is 5.23. The van der Waals surface area contributed by atoms with Crippen LogP contribution in [0.2, 0.25) is 0 Å². The zero-order valence-corrected chi connectivity index (χ0v) is 19.7. The molecule has 0 aliphatic carbocycles. The summed E-state index contributed by atoms with van der Waals surface area (Å²) in [5.41, 5.74) is 1.28. The summed E-state index contributed by atoms with van der Waals surface area (Å²) in [7, 11) is 1.65. The number of fused-ring (bicyclic) bond motifs is 1. The van der Waals surface area contributed by atoms with Crippen LogP contribution in [0.15, 0.2) is 55.8 Å². The zero-order valence-electron chi connectivity index (χ0n) is 18.9. The van der Waals surface area contributed by atoms with E-state index >= 15 is 0 Å². The lowest BCUT2D eigenvalue weighted by Crippen LogP contribution is -2.44. The van der Waals surface area contributed by atoms with Crippen LogP contribution in [-0.4, -0.2) is 21.2 Å². The van der Waals surface area contributed by atoms with E-state index in [0.717, 1.165) is 29.2 Å². The number of methoxy groups -OCH3 is 1. The smallest absolute Gasteiger partial charge is 0.332 e. The Morgan fingerprint density at radius 1 is 1.22 bits per heavy atom. The molecule has 2 aromatic heterocycles. The molecule has 1 aromatic carbocycles. The zero-order chi connectivity index (χ0) is 22.8. The minimum atomic E-state index is -0.245. The fourth-order valence-electron chi connectivity index (χ4n) is 4.51. The predicted molar refractivity (Wildman–Crippen MR) is 125 cm³/mol. The molecule has 8 heteroatoms. The second-order valence-corrected chi connectivity index (χ2v) is 9.19. The Bertz CT molecular complexity index is 1190. The van der Waals surface area contributed by atoms with Crippen molar-refractivity contribution in [3.05, 3.63) is 74.6 Å². The molecule has 2 atom stereocenters. The van der Waals surface area contributed by atoms with Crippen LogP contribution < -0.4 is 16.0 Å². The van der Waals surface area contributed by atoms with Crippen molar-refractivity contribution in [1.29, 1.82) is 0 Å². The van der Waals surface area contributed by atoms with Gasteiger partial charge in [0.05, 0.1) is 29.1 Å². The number of thioether (sulfide) groups is 1. The van der Waals surface area contributed by atoms with E-state index in [-0.39, 0.29) is 28.5 Å². The van der Waals surface area contributed by atoms with E-state index in [1.54, 1.807) is 24.1 Å². The molecule has 32 heavy (non-hydrogen) atoms. The van der Waals surface area contributed by atoms with Crippen LogP contribution >= 0.6 is 11.8 Å². The fourth-order valence-corrected chi connectivity index (χ4v) is 6.01. The molecule has 170 valence electrons. The van der Waals surface area contributed by atoms with Crippen molar-refractivity contribution in [3.63, 3.8) is 0 Å². The Balaban J connectivity index is 1.83. The molecule has 2 unspecified atom stereocenters. The molecule has 0 saturated carbocycles. The third kappa shape index (κ3) is 3.81. The van der Waals surface area contributed by atoms with Gasteiger partial charge in [-0.05, 0) is 30.9 Å². The Hall–Kier alpha value is -2.74. The van der Waals surface area contributed by atoms with E-state index in [4.69, 9.17) is 9.15 Å². The molecular formula is C24H29N3O4S. The Morgan fingerprint density at radius 2 is 1.97 bits per heavy atom. The molecule has 0 amide bonds. The van der Waals surface area contributed by atoms with Crippen LogP contribution in [0.25, 0.3) is 0 Å². The highest BCUT2D eigenvalue weighted by Gasteiger charge is 2.40. The van der Waals surface area contributed by atoms with Gasteiger partial charge in [0.1, 0.15) is 12.0 Å². The van der Waals surface area contributed by atoms with Gasteiger partial charge in [-0.1, -0.05) is 50.7 Å². The number of ether oxygens (including phenoxy) is 1. The van der Waals surface area contributed by atoms with Crippen molar-refractivity contribution in [1.82, 2.24) is 14.1 Å². The second kappa shape index (κ2) is 9.40. The number of nitrogens with zero attached hydrogens (tertiary/aromatic N) is 3. The molecule has 0 fully saturated rings. The number of hydrogen-bond acceptors (Lipinski definition) is 6. The van der Waals surface area contributed by atoms with E-state index in [0.29, 0.717) is 24.4 Å². The molecule has 3 aromatic rings. The van der Waals surface area contributed by atoms with E-state index in [1.165, 1.54) is 16.3 Å². The van der Waals surface area contributed by atoms with Crippen molar-refractivity contribution in [2.75, 3.05) is 7.11 Å². The molecule has 1 aliphatic heterocycles. The minimum Gasteiger partial charge on any atom is -0.496 e. The van der Waals surface area contributed by atoms with Crippen LogP contribution in [0.1, 0.15) is 67.8 Å². The molecule has 0 radical (unpaired) electrons. The van der Waals surface area contributed by atoms with Gasteiger partial charge in [0.25, 0.3) is 5.56 Å². The van der Waals surface area contributed by atoms with Crippen LogP contribution in [0, 0.1) is 0 Å². The lowest BCUT2D eigenvalue weighted by Gasteiger charge is -2.21. The molecule has 0 N–H and O–H groups in total. The lowest BCUT2D eigenvalue weighted by atomic mass is 9.99. The number of hydrogen-bond donors (Lipinski definition) is 0. The van der Waals surface area contributed by atoms with Crippen LogP contribution in [0.5, 0.6) is 5.75 Å². The van der Waals surface area contributed by atoms with Crippen LogP contribution in [-0.2, 0) is 13.0 Å². The standard InChI is InChI=1S/C24H29N3O4S/c1-5-17(6-2)27-22(28)19-15(3)20(21-25-12-14-31-21)32-23(19)26(24(27)29)13-11-16-9-7-8-10-18(16)30-4/h7-10,12,14-15,17,20H,5-6,11,13H2,1-4H3. The SMILES string of the molecule is CCC(CC)n1c(=O)c2c(n(CCc3ccccc3OC)c1=O)SC(c1ncco1)C2C. The summed E-state index contributed by atoms with van der Waals surface area (Å²) in [4.78, 5) is 31.5. The predicted octanol–water partition coefficient (Wildman–Crippen LogP) is 4.56. The van der Waals surface area contributed by atoms with Crippen molar-refractivity contribution in [2.45, 2.75) is 68.8 Å². The molecule has 0 saturated heterocycles. The number of benzene rings is 1. The summed E-state index contributed by atoms with van der Waals surface area (Å²) >= 11 is 1.50. The van der Waals surface area contributed by atoms with Crippen molar-refractivity contribution in [3.8, 4) is 5.75 Å². The van der Waals surface area contributed by atoms with Gasteiger partial charge in [-0.25, -0.2) is 9.78 Å². The van der Waals surface area contributed by atoms with E-state index in [2.05, 4.69) is 4.98 Å². The molecule has 7 nitrogen and oxygen atoms in total. The number of oxazole rings is 1. The van der Waals surface area contributed by atoms with Gasteiger partial charge in [-0.15, -0.1) is 0 Å². The monoisotopic (exact) mass is 455 g/mol. The third-order valence-electron chi connectivity index (χ3n) is 6.31. The van der Waals surface area contributed by atoms with Gasteiger partial charge in [0, 0.05) is 18.5 Å². The fraction of sp³-hybridized carbons (Fsp3) is 0.458. The first-order chi connectivity index (χ1) is 15.5. The number of aromatic nitrogens is 3. The topological polar surface area (TPSA) is 79.3 Å². The number of rotatable bonds is 8. The van der Waals surface area contributed by atoms with Gasteiger partial charge in [0.15, 0.2) is 0 Å². The molecule has 4 rings (SSSR count). The Morgan fingerprint density at radius 3 is 2.62 bits per heavy atom. The van der Waals surface area contributed by atoms with Crippen LogP contribution in [0.4, 0.5) is 0 Å². The summed E-state index contributed by atoms with van der Waals surface area (Å²) in [5, 5.41) is 0.593. The van der Waals surface area contributed by atoms with Gasteiger partial charge in [0.2, 0.25) is 5.89 Å². The third-order valence-corrected chi connectivity index (χ3v) is 7.84. The van der Waals surface area contributed by atoms with Gasteiger partial charge in [-0.3, -0.25) is 13.9 Å². The lowest BCUT2D eigenvalue weighted by molar-refractivity contribution is 0.395. The molecule has 3 heterocycles. The normalized spacial score (nSPS) is 17.7. The first-order valence-corrected chi connectivity index (χ1v) is 12.0. The number of aryl methyl sites for hydroxylation is 1. The van der Waals surface area contributed by atoms with Crippen molar-refractivity contribution < 1.29 is 9.15 Å². The maximum Gasteiger partial charge on any atom is 0.332 e. The highest BCUT2D eigenvalue weighted by Crippen LogP contribution is 2.52. The highest BCUT2D eigenvalue weighted by molar-refractivity contribution is 7.99. The quantitative estimate of drug-likeness (QED) is 0.463. The van der Waals surface area contributed by atoms with E-state index in [9.17, 15) is 9.59 Å². The molecule has 0 bridgehead atoms. The molecule has 1 aliphatic rings. The van der Waals surface area contributed by atoms with E-state index in [1.807, 2.05) is 45.0 Å². The van der Waals surface area contributed by atoms with Crippen molar-refractivity contribution in [2.24, 2.45) is 0 Å². The Kier molecular flexibility index (Phi) is 6.60. The summed E-state index contributed by atoms with van der Waals surface area (Å²) < 4.78 is 14.3. The molecule has 0 spiro atoms. The minimum absolute atomic E-state index is 0.111. The second-order valence-electron chi connectivity index (χ2n) is 8.06. The molecular weight excluding hydrogens is 426 g/mol. The summed E-state index contributed by atoms with van der Waals surface area (Å²) in [5.74, 6) is 1.26. The summed E-state index contributed by atoms with van der Waals surface area (Å²) in [6, 6.07) is 7.69. The Labute approximate surface area is 191 Å². The first kappa shape index (κ1) is 22.5. The van der Waals surface area contributed by atoms with Gasteiger partial charge < -0.3 is 9.15 Å². The van der Waals surface area contributed by atoms with Crippen molar-refractivity contribution >= 4 is 11.8 Å². The summed E-state index contributed by atoms with van der Waals surface area (Å²) in [6.45, 7) is 6.50. The first-order valence-electron chi connectivity index (χ1n) is 11.1. The van der Waals surface area contributed by atoms with Crippen LogP contribution in [0.3, 0.4) is 0 Å². The van der Waals surface area contributed by atoms with E-state index < -0.39 is 0 Å². The number of para-hydroxylation sites is 1. The highest BCUT2D eigenvalue weighted by atomic mass is 32.2. The largest absolute Gasteiger partial charge is 0.496 e. The maximum atomic E-state index is 13.6. The van der Waals surface area contributed by atoms with Gasteiger partial charge in [-0.2, -0.15) is 0 Å². The average Bonchev–Trinajstić information content (AvgIpc) is 3.45.